The largest absolute Gasteiger partial charge is 0.467 e. The molecule has 0 bridgehead atoms. The Bertz CT molecular complexity index is 961. The van der Waals surface area contributed by atoms with Gasteiger partial charge < -0.3 is 10.1 Å². The monoisotopic (exact) mass is 353 g/mol. The lowest BCUT2D eigenvalue weighted by molar-refractivity contribution is -0.142. The zero-order chi connectivity index (χ0) is 18.5. The fourth-order valence-corrected chi connectivity index (χ4v) is 2.52. The molecule has 1 atom stereocenters. The summed E-state index contributed by atoms with van der Waals surface area (Å²) in [5.41, 5.74) is 1.76. The molecule has 0 saturated heterocycles. The zero-order valence-corrected chi connectivity index (χ0v) is 14.0. The summed E-state index contributed by atoms with van der Waals surface area (Å²) in [6.45, 7) is 0. The summed E-state index contributed by atoms with van der Waals surface area (Å²) in [5.74, 6) is -2.02. The van der Waals surface area contributed by atoms with Crippen molar-refractivity contribution in [2.45, 2.75) is 12.5 Å². The van der Waals surface area contributed by atoms with Crippen LogP contribution >= 0.6 is 0 Å². The second-order valence-corrected chi connectivity index (χ2v) is 5.58. The molecule has 3 aromatic rings. The third-order valence-electron chi connectivity index (χ3n) is 3.82. The molecule has 1 heterocycles. The Hall–Kier alpha value is -3.35. The molecular formula is C19H16FN3O3. The van der Waals surface area contributed by atoms with Gasteiger partial charge in [0.25, 0.3) is 5.91 Å². The van der Waals surface area contributed by atoms with Crippen LogP contribution in [-0.2, 0) is 16.0 Å². The highest BCUT2D eigenvalue weighted by Crippen LogP contribution is 2.11. The lowest BCUT2D eigenvalue weighted by atomic mass is 10.1. The zero-order valence-electron chi connectivity index (χ0n) is 14.0. The molecule has 0 unspecified atom stereocenters. The number of nitrogens with zero attached hydrogens (tertiary/aromatic N) is 2. The van der Waals surface area contributed by atoms with Crippen LogP contribution in [0.3, 0.4) is 0 Å². The van der Waals surface area contributed by atoms with Gasteiger partial charge in [-0.05, 0) is 24.3 Å². The fourth-order valence-electron chi connectivity index (χ4n) is 2.52. The number of esters is 1. The van der Waals surface area contributed by atoms with E-state index in [2.05, 4.69) is 15.3 Å². The van der Waals surface area contributed by atoms with Gasteiger partial charge in [0.1, 0.15) is 11.9 Å². The number of carbonyl (C=O) groups is 2. The van der Waals surface area contributed by atoms with Crippen LogP contribution < -0.4 is 5.32 Å². The van der Waals surface area contributed by atoms with Gasteiger partial charge in [0.05, 0.1) is 29.4 Å². The summed E-state index contributed by atoms with van der Waals surface area (Å²) >= 11 is 0. The number of hydrogen-bond donors (Lipinski definition) is 1. The Labute approximate surface area is 149 Å². The molecule has 1 N–H and O–H groups in total. The van der Waals surface area contributed by atoms with E-state index in [4.69, 9.17) is 4.74 Å². The Morgan fingerprint density at radius 2 is 1.81 bits per heavy atom. The van der Waals surface area contributed by atoms with E-state index in [-0.39, 0.29) is 12.0 Å². The highest BCUT2D eigenvalue weighted by molar-refractivity contribution is 5.97. The smallest absolute Gasteiger partial charge is 0.328 e. The van der Waals surface area contributed by atoms with Gasteiger partial charge in [-0.2, -0.15) is 0 Å². The van der Waals surface area contributed by atoms with E-state index in [1.54, 1.807) is 12.1 Å². The molecule has 1 aromatic heterocycles. The van der Waals surface area contributed by atoms with Crippen LogP contribution in [-0.4, -0.2) is 35.0 Å². The normalized spacial score (nSPS) is 11.8. The number of ether oxygens (including phenoxy) is 1. The molecule has 3 rings (SSSR count). The van der Waals surface area contributed by atoms with E-state index in [1.807, 2.05) is 18.2 Å². The maximum Gasteiger partial charge on any atom is 0.328 e. The Morgan fingerprint density at radius 3 is 2.54 bits per heavy atom. The molecular weight excluding hydrogens is 337 g/mol. The molecule has 0 aliphatic carbocycles. The van der Waals surface area contributed by atoms with Crippen molar-refractivity contribution in [2.24, 2.45) is 0 Å². The number of benzene rings is 2. The van der Waals surface area contributed by atoms with Crippen molar-refractivity contribution >= 4 is 22.9 Å². The summed E-state index contributed by atoms with van der Waals surface area (Å²) in [6.07, 6.45) is 1.61. The first-order valence-electron chi connectivity index (χ1n) is 7.92. The van der Waals surface area contributed by atoms with E-state index in [1.165, 1.54) is 31.5 Å². The lowest BCUT2D eigenvalue weighted by Gasteiger charge is -2.16. The Morgan fingerprint density at radius 1 is 1.12 bits per heavy atom. The van der Waals surface area contributed by atoms with E-state index < -0.39 is 23.7 Å². The summed E-state index contributed by atoms with van der Waals surface area (Å²) in [4.78, 5) is 33.1. The number of amides is 1. The van der Waals surface area contributed by atoms with Gasteiger partial charge in [0, 0.05) is 12.6 Å². The fraction of sp³-hybridized carbons (Fsp3) is 0.158. The number of hydrogen-bond acceptors (Lipinski definition) is 5. The molecule has 0 spiro atoms. The standard InChI is InChI=1S/C19H16FN3O3/c1-26-19(25)17(23-18(24)13-6-2-3-7-14(13)20)10-12-11-21-15-8-4-5-9-16(15)22-12/h2-9,11,17H,10H2,1H3,(H,23,24)/t17-/m0/s1. The second-order valence-electron chi connectivity index (χ2n) is 5.58. The maximum atomic E-state index is 13.8. The Balaban J connectivity index is 1.82. The van der Waals surface area contributed by atoms with Crippen molar-refractivity contribution in [3.8, 4) is 0 Å². The van der Waals surface area contributed by atoms with Gasteiger partial charge in [0.15, 0.2) is 0 Å². The molecule has 7 heteroatoms. The third kappa shape index (κ3) is 3.83. The number of nitrogens with one attached hydrogen (secondary N) is 1. The van der Waals surface area contributed by atoms with Crippen LogP contribution in [0.4, 0.5) is 4.39 Å². The van der Waals surface area contributed by atoms with Crippen molar-refractivity contribution in [1.82, 2.24) is 15.3 Å². The lowest BCUT2D eigenvalue weighted by Crippen LogP contribution is -2.43. The first kappa shape index (κ1) is 17.5. The predicted octanol–water partition coefficient (Wildman–Crippen LogP) is 2.28. The predicted molar refractivity (Wildman–Crippen MR) is 92.9 cm³/mol. The molecule has 6 nitrogen and oxygen atoms in total. The molecule has 2 aromatic carbocycles. The minimum absolute atomic E-state index is 0.0741. The number of methoxy groups -OCH3 is 1. The van der Waals surface area contributed by atoms with Gasteiger partial charge in [-0.1, -0.05) is 24.3 Å². The molecule has 26 heavy (non-hydrogen) atoms. The van der Waals surface area contributed by atoms with Crippen LogP contribution in [0.2, 0.25) is 0 Å². The third-order valence-corrected chi connectivity index (χ3v) is 3.82. The average Bonchev–Trinajstić information content (AvgIpc) is 2.67. The summed E-state index contributed by atoms with van der Waals surface area (Å²) < 4.78 is 18.5. The van der Waals surface area contributed by atoms with E-state index in [0.717, 1.165) is 5.52 Å². The van der Waals surface area contributed by atoms with E-state index in [0.29, 0.717) is 11.2 Å². The number of halogens is 1. The Kier molecular flexibility index (Phi) is 5.17. The highest BCUT2D eigenvalue weighted by atomic mass is 19.1. The second kappa shape index (κ2) is 7.69. The number of rotatable bonds is 5. The van der Waals surface area contributed by atoms with Gasteiger partial charge in [-0.25, -0.2) is 14.2 Å². The van der Waals surface area contributed by atoms with Crippen LogP contribution in [0.1, 0.15) is 16.1 Å². The number of para-hydroxylation sites is 2. The van der Waals surface area contributed by atoms with Gasteiger partial charge in [0.2, 0.25) is 0 Å². The summed E-state index contributed by atoms with van der Waals surface area (Å²) in [7, 11) is 1.22. The van der Waals surface area contributed by atoms with Crippen LogP contribution in [0.5, 0.6) is 0 Å². The first-order valence-corrected chi connectivity index (χ1v) is 7.92. The van der Waals surface area contributed by atoms with E-state index >= 15 is 0 Å². The van der Waals surface area contributed by atoms with Crippen molar-refractivity contribution in [3.05, 3.63) is 71.8 Å². The van der Waals surface area contributed by atoms with Crippen LogP contribution in [0.25, 0.3) is 11.0 Å². The molecule has 132 valence electrons. The van der Waals surface area contributed by atoms with Gasteiger partial charge in [-0.3, -0.25) is 9.78 Å². The minimum atomic E-state index is -1.01. The number of carbonyl (C=O) groups excluding carboxylic acids is 2. The van der Waals surface area contributed by atoms with Crippen molar-refractivity contribution in [2.75, 3.05) is 7.11 Å². The number of aromatic nitrogens is 2. The van der Waals surface area contributed by atoms with E-state index in [9.17, 15) is 14.0 Å². The topological polar surface area (TPSA) is 81.2 Å². The molecule has 0 fully saturated rings. The molecule has 0 aliphatic heterocycles. The summed E-state index contributed by atoms with van der Waals surface area (Å²) in [6, 6.07) is 11.8. The van der Waals surface area contributed by atoms with Gasteiger partial charge >= 0.3 is 5.97 Å². The number of fused-ring (bicyclic) bond motifs is 1. The minimum Gasteiger partial charge on any atom is -0.467 e. The van der Waals surface area contributed by atoms with Crippen LogP contribution in [0, 0.1) is 5.82 Å². The summed E-state index contributed by atoms with van der Waals surface area (Å²) in [5, 5.41) is 2.50. The maximum absolute atomic E-state index is 13.8. The highest BCUT2D eigenvalue weighted by Gasteiger charge is 2.24. The van der Waals surface area contributed by atoms with Crippen molar-refractivity contribution < 1.29 is 18.7 Å². The molecule has 0 radical (unpaired) electrons. The first-order chi connectivity index (χ1) is 12.6. The average molecular weight is 353 g/mol. The van der Waals surface area contributed by atoms with Crippen molar-refractivity contribution in [1.29, 1.82) is 0 Å². The molecule has 0 aliphatic rings. The molecule has 1 amide bonds. The van der Waals surface area contributed by atoms with Crippen LogP contribution in [0.15, 0.2) is 54.7 Å². The van der Waals surface area contributed by atoms with Crippen molar-refractivity contribution in [3.63, 3.8) is 0 Å². The van der Waals surface area contributed by atoms with Gasteiger partial charge in [-0.15, -0.1) is 0 Å². The molecule has 0 saturated carbocycles. The SMILES string of the molecule is COC(=O)[C@H](Cc1cnc2ccccc2n1)NC(=O)c1ccccc1F. The quantitative estimate of drug-likeness (QED) is 0.712.